The summed E-state index contributed by atoms with van der Waals surface area (Å²) in [4.78, 5) is 7.80. The van der Waals surface area contributed by atoms with Gasteiger partial charge in [-0.2, -0.15) is 0 Å². The Morgan fingerprint density at radius 1 is 1.11 bits per heavy atom. The molecular formula is C14H12N2O3. The number of benzene rings is 1. The summed E-state index contributed by atoms with van der Waals surface area (Å²) in [7, 11) is 0. The van der Waals surface area contributed by atoms with Crippen molar-refractivity contribution >= 4 is 11.0 Å². The quantitative estimate of drug-likeness (QED) is 0.727. The summed E-state index contributed by atoms with van der Waals surface area (Å²) in [6.07, 6.45) is 4.19. The van der Waals surface area contributed by atoms with Gasteiger partial charge < -0.3 is 18.9 Å². The average Bonchev–Trinajstić information content (AvgIpc) is 3.01. The lowest BCUT2D eigenvalue weighted by Crippen LogP contribution is -1.97. The molecule has 1 aliphatic rings. The molecule has 96 valence electrons. The van der Waals surface area contributed by atoms with Gasteiger partial charge in [-0.05, 0) is 6.07 Å². The number of ether oxygens (including phenoxy) is 2. The van der Waals surface area contributed by atoms with E-state index in [1.165, 1.54) is 0 Å². The highest BCUT2D eigenvalue weighted by Gasteiger charge is 2.14. The van der Waals surface area contributed by atoms with E-state index >= 15 is 0 Å². The fourth-order valence-electron chi connectivity index (χ4n) is 2.20. The highest BCUT2D eigenvalue weighted by molar-refractivity contribution is 5.82. The maximum atomic E-state index is 5.67. The van der Waals surface area contributed by atoms with Gasteiger partial charge >= 0.3 is 0 Å². The predicted octanol–water partition coefficient (Wildman–Crippen LogP) is 2.98. The second-order valence-corrected chi connectivity index (χ2v) is 4.46. The molecule has 0 unspecified atom stereocenters. The molecule has 0 saturated heterocycles. The van der Waals surface area contributed by atoms with Crippen LogP contribution in [0.1, 0.15) is 6.42 Å². The average molecular weight is 256 g/mol. The van der Waals surface area contributed by atoms with Crippen molar-refractivity contribution in [1.82, 2.24) is 9.97 Å². The lowest BCUT2D eigenvalue weighted by molar-refractivity contribution is 0.297. The van der Waals surface area contributed by atoms with Crippen LogP contribution in [-0.2, 0) is 0 Å². The Labute approximate surface area is 109 Å². The van der Waals surface area contributed by atoms with Gasteiger partial charge in [-0.1, -0.05) is 0 Å². The Kier molecular flexibility index (Phi) is 2.24. The third kappa shape index (κ3) is 1.74. The van der Waals surface area contributed by atoms with E-state index in [9.17, 15) is 0 Å². The van der Waals surface area contributed by atoms with Crippen LogP contribution in [0, 0.1) is 0 Å². The smallest absolute Gasteiger partial charge is 0.163 e. The largest absolute Gasteiger partial charge is 0.489 e. The van der Waals surface area contributed by atoms with Crippen molar-refractivity contribution in [2.75, 3.05) is 13.2 Å². The lowest BCUT2D eigenvalue weighted by Gasteiger charge is -2.05. The number of rotatable bonds is 1. The van der Waals surface area contributed by atoms with Crippen LogP contribution in [0.3, 0.4) is 0 Å². The zero-order chi connectivity index (χ0) is 12.7. The van der Waals surface area contributed by atoms with E-state index < -0.39 is 0 Å². The molecule has 5 heteroatoms. The van der Waals surface area contributed by atoms with Crippen LogP contribution >= 0.6 is 0 Å². The van der Waals surface area contributed by atoms with E-state index in [1.54, 1.807) is 12.5 Å². The van der Waals surface area contributed by atoms with Crippen LogP contribution in [0.25, 0.3) is 22.4 Å². The second kappa shape index (κ2) is 4.05. The maximum absolute atomic E-state index is 5.67. The Hall–Kier alpha value is -2.43. The fourth-order valence-corrected chi connectivity index (χ4v) is 2.20. The molecule has 19 heavy (non-hydrogen) atoms. The van der Waals surface area contributed by atoms with E-state index in [2.05, 4.69) is 9.97 Å². The summed E-state index contributed by atoms with van der Waals surface area (Å²) < 4.78 is 16.4. The predicted molar refractivity (Wildman–Crippen MR) is 69.4 cm³/mol. The van der Waals surface area contributed by atoms with E-state index in [0.29, 0.717) is 13.2 Å². The number of nitrogens with one attached hydrogen (secondary N) is 1. The monoisotopic (exact) mass is 256 g/mol. The summed E-state index contributed by atoms with van der Waals surface area (Å²) in [6.45, 7) is 1.36. The number of fused-ring (bicyclic) bond motifs is 2. The first-order valence-electron chi connectivity index (χ1n) is 6.22. The van der Waals surface area contributed by atoms with Gasteiger partial charge in [0.25, 0.3) is 0 Å². The van der Waals surface area contributed by atoms with Gasteiger partial charge in [0.05, 0.1) is 36.1 Å². The van der Waals surface area contributed by atoms with Crippen LogP contribution in [0.15, 0.2) is 35.1 Å². The Balaban J connectivity index is 1.86. The maximum Gasteiger partial charge on any atom is 0.163 e. The Morgan fingerprint density at radius 2 is 1.95 bits per heavy atom. The first kappa shape index (κ1) is 10.5. The van der Waals surface area contributed by atoms with Crippen LogP contribution in [-0.4, -0.2) is 23.2 Å². The van der Waals surface area contributed by atoms with E-state index in [4.69, 9.17) is 13.9 Å². The van der Waals surface area contributed by atoms with Crippen molar-refractivity contribution < 1.29 is 13.9 Å². The molecule has 2 aromatic heterocycles. The van der Waals surface area contributed by atoms with Gasteiger partial charge in [0.1, 0.15) is 12.1 Å². The molecule has 0 atom stereocenters. The molecule has 4 rings (SSSR count). The molecule has 5 nitrogen and oxygen atoms in total. The molecule has 0 radical (unpaired) electrons. The second-order valence-electron chi connectivity index (χ2n) is 4.46. The molecule has 0 aliphatic carbocycles. The third-order valence-corrected chi connectivity index (χ3v) is 3.15. The van der Waals surface area contributed by atoms with Gasteiger partial charge in [-0.15, -0.1) is 0 Å². The van der Waals surface area contributed by atoms with Crippen molar-refractivity contribution in [2.45, 2.75) is 6.42 Å². The molecule has 0 spiro atoms. The molecule has 0 fully saturated rings. The summed E-state index contributed by atoms with van der Waals surface area (Å²) in [5, 5.41) is 0. The SMILES string of the molecule is c1cc(-c2nc3cc4c(cc3[nH]2)OCCCO4)co1. The summed E-state index contributed by atoms with van der Waals surface area (Å²) in [5.41, 5.74) is 2.72. The minimum Gasteiger partial charge on any atom is -0.489 e. The number of aromatic amines is 1. The van der Waals surface area contributed by atoms with Crippen molar-refractivity contribution in [2.24, 2.45) is 0 Å². The molecule has 0 amide bonds. The first-order chi connectivity index (χ1) is 9.40. The number of hydrogen-bond donors (Lipinski definition) is 1. The Bertz CT molecular complexity index is 673. The molecule has 1 aliphatic heterocycles. The van der Waals surface area contributed by atoms with Gasteiger partial charge in [-0.3, -0.25) is 0 Å². The van der Waals surface area contributed by atoms with Gasteiger partial charge in [0, 0.05) is 18.6 Å². The highest BCUT2D eigenvalue weighted by Crippen LogP contribution is 2.34. The summed E-state index contributed by atoms with van der Waals surface area (Å²) >= 11 is 0. The molecule has 3 heterocycles. The highest BCUT2D eigenvalue weighted by atomic mass is 16.5. The number of furan rings is 1. The van der Waals surface area contributed by atoms with Crippen LogP contribution < -0.4 is 9.47 Å². The number of imidazole rings is 1. The molecular weight excluding hydrogens is 244 g/mol. The van der Waals surface area contributed by atoms with Gasteiger partial charge in [0.15, 0.2) is 11.5 Å². The number of hydrogen-bond acceptors (Lipinski definition) is 4. The summed E-state index contributed by atoms with van der Waals surface area (Å²) in [5.74, 6) is 2.31. The van der Waals surface area contributed by atoms with Gasteiger partial charge in [-0.25, -0.2) is 4.98 Å². The van der Waals surface area contributed by atoms with Crippen molar-refractivity contribution in [3.05, 3.63) is 30.7 Å². The Morgan fingerprint density at radius 3 is 2.74 bits per heavy atom. The number of aromatic nitrogens is 2. The summed E-state index contributed by atoms with van der Waals surface area (Å²) in [6, 6.07) is 5.72. The van der Waals surface area contributed by atoms with Crippen LogP contribution in [0.2, 0.25) is 0 Å². The molecule has 1 aromatic carbocycles. The van der Waals surface area contributed by atoms with Crippen molar-refractivity contribution in [3.8, 4) is 22.9 Å². The molecule has 0 bridgehead atoms. The number of nitrogens with zero attached hydrogens (tertiary/aromatic N) is 1. The van der Waals surface area contributed by atoms with E-state index in [1.807, 2.05) is 18.2 Å². The zero-order valence-corrected chi connectivity index (χ0v) is 10.2. The first-order valence-corrected chi connectivity index (χ1v) is 6.22. The van der Waals surface area contributed by atoms with Crippen LogP contribution in [0.4, 0.5) is 0 Å². The topological polar surface area (TPSA) is 60.3 Å². The van der Waals surface area contributed by atoms with E-state index in [0.717, 1.165) is 40.3 Å². The third-order valence-electron chi connectivity index (χ3n) is 3.15. The fraction of sp³-hybridized carbons (Fsp3) is 0.214. The zero-order valence-electron chi connectivity index (χ0n) is 10.2. The minimum absolute atomic E-state index is 0.678. The molecule has 0 saturated carbocycles. The van der Waals surface area contributed by atoms with Crippen molar-refractivity contribution in [1.29, 1.82) is 0 Å². The van der Waals surface area contributed by atoms with Gasteiger partial charge in [0.2, 0.25) is 0 Å². The minimum atomic E-state index is 0.678. The lowest BCUT2D eigenvalue weighted by atomic mass is 10.3. The standard InChI is InChI=1S/C14H12N2O3/c1-3-18-12-6-10-11(7-13(12)19-4-1)16-14(15-10)9-2-5-17-8-9/h2,5-8H,1,3-4H2,(H,15,16). The number of H-pyrrole nitrogens is 1. The van der Waals surface area contributed by atoms with Crippen LogP contribution in [0.5, 0.6) is 11.5 Å². The normalized spacial score (nSPS) is 14.5. The molecule has 1 N–H and O–H groups in total. The van der Waals surface area contributed by atoms with Crippen molar-refractivity contribution in [3.63, 3.8) is 0 Å². The van der Waals surface area contributed by atoms with E-state index in [-0.39, 0.29) is 0 Å². The molecule has 3 aromatic rings.